The highest BCUT2D eigenvalue weighted by Crippen LogP contribution is 2.43. The van der Waals surface area contributed by atoms with Crippen LogP contribution < -0.4 is 5.73 Å². The lowest BCUT2D eigenvalue weighted by molar-refractivity contribution is -0.161. The molecule has 0 saturated carbocycles. The van der Waals surface area contributed by atoms with Crippen molar-refractivity contribution in [1.82, 2.24) is 0 Å². The summed E-state index contributed by atoms with van der Waals surface area (Å²) in [4.78, 5) is 35.4. The summed E-state index contributed by atoms with van der Waals surface area (Å²) in [5.74, 6) is -0.800. The summed E-state index contributed by atoms with van der Waals surface area (Å²) in [5.41, 5.74) is 5.41. The van der Waals surface area contributed by atoms with Crippen LogP contribution in [0.25, 0.3) is 0 Å². The largest absolute Gasteiger partial charge is 0.472 e. The van der Waals surface area contributed by atoms with Gasteiger partial charge in [0.05, 0.1) is 13.2 Å². The van der Waals surface area contributed by atoms with Crippen molar-refractivity contribution in [1.29, 1.82) is 0 Å². The van der Waals surface area contributed by atoms with Gasteiger partial charge < -0.3 is 20.1 Å². The van der Waals surface area contributed by atoms with Crippen molar-refractivity contribution in [2.75, 3.05) is 26.4 Å². The standard InChI is InChI=1S/C78H152NO8P/c1-3-5-7-9-11-13-15-17-19-21-23-25-27-29-31-33-35-36-37-38-39-41-42-44-46-48-50-52-54-56-58-60-62-64-66-68-70-77(80)84-74-76(75-86-88(82,83)85-73-72-79)87-78(81)71-69-67-65-63-61-59-57-55-53-51-49-47-45-43-40-34-32-30-28-26-24-22-20-18-16-14-12-10-8-6-4-2/h16,18,22,24,76H,3-15,17,19-21,23,25-75,79H2,1-2H3,(H,82,83)/b18-16-,24-22-. The number of carbonyl (C=O) groups is 2. The first-order chi connectivity index (χ1) is 43.3. The van der Waals surface area contributed by atoms with Crippen LogP contribution in [0.4, 0.5) is 0 Å². The van der Waals surface area contributed by atoms with E-state index in [1.165, 1.54) is 360 Å². The molecule has 522 valence electrons. The normalized spacial score (nSPS) is 12.9. The minimum absolute atomic E-state index is 0.0571. The molecule has 0 aliphatic heterocycles. The summed E-state index contributed by atoms with van der Waals surface area (Å²) in [7, 11) is -4.39. The average molecular weight is 1260 g/mol. The lowest BCUT2D eigenvalue weighted by atomic mass is 10.0. The van der Waals surface area contributed by atoms with Crippen molar-refractivity contribution >= 4 is 19.8 Å². The van der Waals surface area contributed by atoms with Gasteiger partial charge >= 0.3 is 19.8 Å². The minimum atomic E-state index is -4.39. The highest BCUT2D eigenvalue weighted by Gasteiger charge is 2.26. The molecule has 0 aromatic heterocycles. The van der Waals surface area contributed by atoms with Crippen LogP contribution >= 0.6 is 7.82 Å². The van der Waals surface area contributed by atoms with E-state index in [0.29, 0.717) is 6.42 Å². The van der Waals surface area contributed by atoms with E-state index in [9.17, 15) is 19.0 Å². The zero-order valence-corrected chi connectivity index (χ0v) is 59.9. The molecule has 0 aromatic rings. The summed E-state index contributed by atoms with van der Waals surface area (Å²) >= 11 is 0. The molecule has 0 aliphatic carbocycles. The summed E-state index contributed by atoms with van der Waals surface area (Å²) in [6.07, 6.45) is 93.2. The molecule has 0 spiro atoms. The number of hydrogen-bond acceptors (Lipinski definition) is 8. The predicted octanol–water partition coefficient (Wildman–Crippen LogP) is 26.0. The first-order valence-electron chi connectivity index (χ1n) is 39.3. The van der Waals surface area contributed by atoms with Gasteiger partial charge in [-0.1, -0.05) is 398 Å². The van der Waals surface area contributed by atoms with Crippen molar-refractivity contribution in [3.8, 4) is 0 Å². The SMILES string of the molecule is CCCCCCC/C=C\C/C=C\CCCCCCCCCCCCCCCCCCCCCC(=O)OC(COC(=O)CCCCCCCCCCCCCCCCCCCCCCCCCCCCCCCCCCCCCC)COP(=O)(O)OCCN. The second-order valence-corrected chi connectivity index (χ2v) is 28.4. The molecule has 10 heteroatoms. The number of carbonyl (C=O) groups excluding carboxylic acids is 2. The second-order valence-electron chi connectivity index (χ2n) is 26.9. The molecule has 0 aliphatic rings. The zero-order chi connectivity index (χ0) is 63.7. The fourth-order valence-corrected chi connectivity index (χ4v) is 13.0. The number of esters is 2. The quantitative estimate of drug-likeness (QED) is 0.0264. The topological polar surface area (TPSA) is 134 Å². The molecule has 0 saturated heterocycles. The van der Waals surface area contributed by atoms with Crippen molar-refractivity contribution in [2.45, 2.75) is 437 Å². The number of unbranched alkanes of at least 4 members (excludes halogenated alkanes) is 59. The monoisotopic (exact) mass is 1260 g/mol. The molecule has 9 nitrogen and oxygen atoms in total. The zero-order valence-electron chi connectivity index (χ0n) is 59.0. The fraction of sp³-hybridized carbons (Fsp3) is 0.923. The molecule has 2 atom stereocenters. The van der Waals surface area contributed by atoms with Crippen LogP contribution in [-0.2, 0) is 32.7 Å². The number of phosphoric ester groups is 1. The lowest BCUT2D eigenvalue weighted by Crippen LogP contribution is -2.29. The smallest absolute Gasteiger partial charge is 0.462 e. The summed E-state index contributed by atoms with van der Waals surface area (Å²) < 4.78 is 33.3. The summed E-state index contributed by atoms with van der Waals surface area (Å²) in [5, 5.41) is 0. The number of phosphoric acid groups is 1. The molecule has 2 unspecified atom stereocenters. The number of allylic oxidation sites excluding steroid dienone is 4. The van der Waals surface area contributed by atoms with Crippen LogP contribution in [0.5, 0.6) is 0 Å². The Morgan fingerprint density at radius 2 is 0.591 bits per heavy atom. The Balaban J connectivity index is 3.75. The molecule has 3 N–H and O–H groups in total. The van der Waals surface area contributed by atoms with E-state index < -0.39 is 26.5 Å². The van der Waals surface area contributed by atoms with E-state index in [4.69, 9.17) is 24.3 Å². The molecule has 88 heavy (non-hydrogen) atoms. The second kappa shape index (κ2) is 74.5. The number of hydrogen-bond donors (Lipinski definition) is 2. The Bertz CT molecular complexity index is 1490. The summed E-state index contributed by atoms with van der Waals surface area (Å²) in [6, 6.07) is 0. The van der Waals surface area contributed by atoms with Gasteiger partial charge in [0.15, 0.2) is 6.10 Å². The first-order valence-corrected chi connectivity index (χ1v) is 40.8. The van der Waals surface area contributed by atoms with E-state index in [0.717, 1.165) is 38.5 Å². The molecular formula is C78H152NO8P. The van der Waals surface area contributed by atoms with E-state index in [2.05, 4.69) is 38.2 Å². The maximum atomic E-state index is 12.8. The van der Waals surface area contributed by atoms with Gasteiger partial charge in [-0.05, 0) is 44.9 Å². The Morgan fingerprint density at radius 1 is 0.341 bits per heavy atom. The molecule has 0 bridgehead atoms. The third kappa shape index (κ3) is 73.5. The maximum absolute atomic E-state index is 12.8. The van der Waals surface area contributed by atoms with Crippen molar-refractivity contribution < 1.29 is 37.6 Å². The number of rotatable bonds is 76. The Labute approximate surface area is 548 Å². The van der Waals surface area contributed by atoms with Gasteiger partial charge in [0.2, 0.25) is 0 Å². The van der Waals surface area contributed by atoms with Gasteiger partial charge in [-0.2, -0.15) is 0 Å². The Kier molecular flexibility index (Phi) is 73.3. The third-order valence-electron chi connectivity index (χ3n) is 18.1. The molecule has 0 amide bonds. The molecule has 0 rings (SSSR count). The molecule has 0 aromatic carbocycles. The fourth-order valence-electron chi connectivity index (χ4n) is 12.3. The van der Waals surface area contributed by atoms with E-state index in [-0.39, 0.29) is 38.6 Å². The van der Waals surface area contributed by atoms with Gasteiger partial charge in [-0.15, -0.1) is 0 Å². The number of ether oxygens (including phenoxy) is 2. The molecule has 0 radical (unpaired) electrons. The van der Waals surface area contributed by atoms with Crippen molar-refractivity contribution in [3.63, 3.8) is 0 Å². The van der Waals surface area contributed by atoms with Crippen LogP contribution in [0.2, 0.25) is 0 Å². The average Bonchev–Trinajstić information content (AvgIpc) is 3.71. The van der Waals surface area contributed by atoms with E-state index >= 15 is 0 Å². The van der Waals surface area contributed by atoms with E-state index in [1.54, 1.807) is 0 Å². The van der Waals surface area contributed by atoms with Gasteiger partial charge in [0, 0.05) is 19.4 Å². The third-order valence-corrected chi connectivity index (χ3v) is 19.1. The van der Waals surface area contributed by atoms with Gasteiger partial charge in [-0.3, -0.25) is 18.6 Å². The van der Waals surface area contributed by atoms with Crippen LogP contribution in [0.1, 0.15) is 431 Å². The molecule has 0 heterocycles. The summed E-state index contributed by atoms with van der Waals surface area (Å²) in [6.45, 7) is 3.83. The van der Waals surface area contributed by atoms with Crippen LogP contribution in [-0.4, -0.2) is 49.3 Å². The minimum Gasteiger partial charge on any atom is -0.462 e. The van der Waals surface area contributed by atoms with Crippen molar-refractivity contribution in [3.05, 3.63) is 24.3 Å². The van der Waals surface area contributed by atoms with Gasteiger partial charge in [0.25, 0.3) is 0 Å². The predicted molar refractivity (Wildman–Crippen MR) is 381 cm³/mol. The highest BCUT2D eigenvalue weighted by atomic mass is 31.2. The lowest BCUT2D eigenvalue weighted by Gasteiger charge is -2.19. The maximum Gasteiger partial charge on any atom is 0.472 e. The number of nitrogens with two attached hydrogens (primary N) is 1. The highest BCUT2D eigenvalue weighted by molar-refractivity contribution is 7.47. The molecular weight excluding hydrogens is 1110 g/mol. The van der Waals surface area contributed by atoms with Crippen LogP contribution in [0, 0.1) is 0 Å². The Morgan fingerprint density at radius 3 is 0.864 bits per heavy atom. The van der Waals surface area contributed by atoms with Crippen LogP contribution in [0.3, 0.4) is 0 Å². The van der Waals surface area contributed by atoms with Crippen molar-refractivity contribution in [2.24, 2.45) is 5.73 Å². The van der Waals surface area contributed by atoms with Gasteiger partial charge in [-0.25, -0.2) is 4.57 Å². The first kappa shape index (κ1) is 86.5. The van der Waals surface area contributed by atoms with Crippen LogP contribution in [0.15, 0.2) is 24.3 Å². The Hall–Kier alpha value is -1.51. The van der Waals surface area contributed by atoms with Gasteiger partial charge in [0.1, 0.15) is 6.61 Å². The van der Waals surface area contributed by atoms with E-state index in [1.807, 2.05) is 0 Å². The molecule has 0 fully saturated rings.